The normalized spacial score (nSPS) is 25.1. The standard InChI is InChI=1S/C14H18O2/c1-11-7-9-13(10-8-11)16-14(15)12-5-3-2-4-6-12/h2-6,11,13H,7-10H2,1H3. The minimum atomic E-state index is -0.180. The molecule has 1 saturated carbocycles. The Kier molecular flexibility index (Phi) is 3.60. The van der Waals surface area contributed by atoms with E-state index in [0.717, 1.165) is 18.8 Å². The summed E-state index contributed by atoms with van der Waals surface area (Å²) in [5.74, 6) is 0.604. The summed E-state index contributed by atoms with van der Waals surface area (Å²) in [4.78, 5) is 11.8. The first kappa shape index (κ1) is 11.2. The molecule has 1 aliphatic rings. The number of carbonyl (C=O) groups is 1. The van der Waals surface area contributed by atoms with Gasteiger partial charge in [0, 0.05) is 0 Å². The molecule has 1 aromatic carbocycles. The molecule has 86 valence electrons. The monoisotopic (exact) mass is 218 g/mol. The molecule has 0 unspecified atom stereocenters. The molecule has 1 aromatic rings. The summed E-state index contributed by atoms with van der Waals surface area (Å²) >= 11 is 0. The second-order valence-corrected chi connectivity index (χ2v) is 4.65. The van der Waals surface area contributed by atoms with Gasteiger partial charge >= 0.3 is 5.97 Å². The van der Waals surface area contributed by atoms with E-state index in [2.05, 4.69) is 6.92 Å². The summed E-state index contributed by atoms with van der Waals surface area (Å²) in [6.45, 7) is 2.26. The van der Waals surface area contributed by atoms with Crippen LogP contribution in [0.2, 0.25) is 0 Å². The SMILES string of the molecule is CC1CCC(OC(=O)c2ccccc2)CC1. The molecule has 0 N–H and O–H groups in total. The molecule has 0 spiro atoms. The van der Waals surface area contributed by atoms with Crippen molar-refractivity contribution in [1.29, 1.82) is 0 Å². The molecule has 0 atom stereocenters. The summed E-state index contributed by atoms with van der Waals surface area (Å²) in [6, 6.07) is 9.22. The summed E-state index contributed by atoms with van der Waals surface area (Å²) in [6.07, 6.45) is 4.50. The average molecular weight is 218 g/mol. The van der Waals surface area contributed by atoms with E-state index in [1.54, 1.807) is 12.1 Å². The third-order valence-electron chi connectivity index (χ3n) is 3.25. The van der Waals surface area contributed by atoms with Crippen LogP contribution in [-0.4, -0.2) is 12.1 Å². The van der Waals surface area contributed by atoms with E-state index in [0.29, 0.717) is 5.56 Å². The first-order chi connectivity index (χ1) is 7.75. The van der Waals surface area contributed by atoms with Gasteiger partial charge in [0.15, 0.2) is 0 Å². The van der Waals surface area contributed by atoms with Crippen LogP contribution in [-0.2, 0) is 4.74 Å². The number of esters is 1. The molecule has 0 radical (unpaired) electrons. The van der Waals surface area contributed by atoms with Gasteiger partial charge in [-0.05, 0) is 43.7 Å². The Morgan fingerprint density at radius 1 is 1.12 bits per heavy atom. The van der Waals surface area contributed by atoms with E-state index in [9.17, 15) is 4.79 Å². The Labute approximate surface area is 96.6 Å². The van der Waals surface area contributed by atoms with Gasteiger partial charge in [-0.3, -0.25) is 0 Å². The number of hydrogen-bond acceptors (Lipinski definition) is 2. The molecule has 0 aliphatic heterocycles. The van der Waals surface area contributed by atoms with Crippen LogP contribution in [0.25, 0.3) is 0 Å². The zero-order valence-electron chi connectivity index (χ0n) is 9.69. The smallest absolute Gasteiger partial charge is 0.338 e. The lowest BCUT2D eigenvalue weighted by molar-refractivity contribution is 0.0174. The van der Waals surface area contributed by atoms with Crippen molar-refractivity contribution in [2.75, 3.05) is 0 Å². The van der Waals surface area contributed by atoms with Crippen molar-refractivity contribution in [1.82, 2.24) is 0 Å². The molecule has 2 nitrogen and oxygen atoms in total. The summed E-state index contributed by atoms with van der Waals surface area (Å²) in [5, 5.41) is 0. The molecule has 1 aliphatic carbocycles. The molecular weight excluding hydrogens is 200 g/mol. The van der Waals surface area contributed by atoms with Crippen molar-refractivity contribution in [3.05, 3.63) is 35.9 Å². The Morgan fingerprint density at radius 2 is 1.75 bits per heavy atom. The van der Waals surface area contributed by atoms with Gasteiger partial charge in [0.2, 0.25) is 0 Å². The highest BCUT2D eigenvalue weighted by atomic mass is 16.5. The quantitative estimate of drug-likeness (QED) is 0.711. The maximum atomic E-state index is 11.8. The van der Waals surface area contributed by atoms with Crippen molar-refractivity contribution in [3.63, 3.8) is 0 Å². The molecule has 0 aromatic heterocycles. The summed E-state index contributed by atoms with van der Waals surface area (Å²) in [5.41, 5.74) is 0.654. The van der Waals surface area contributed by atoms with Gasteiger partial charge in [-0.25, -0.2) is 4.79 Å². The molecular formula is C14H18O2. The Morgan fingerprint density at radius 3 is 2.38 bits per heavy atom. The molecule has 1 fully saturated rings. The van der Waals surface area contributed by atoms with Crippen LogP contribution in [0.3, 0.4) is 0 Å². The van der Waals surface area contributed by atoms with E-state index >= 15 is 0 Å². The van der Waals surface area contributed by atoms with Crippen molar-refractivity contribution in [2.45, 2.75) is 38.7 Å². The van der Waals surface area contributed by atoms with E-state index in [1.807, 2.05) is 18.2 Å². The molecule has 16 heavy (non-hydrogen) atoms. The lowest BCUT2D eigenvalue weighted by Gasteiger charge is -2.25. The zero-order chi connectivity index (χ0) is 11.4. The Balaban J connectivity index is 1.88. The zero-order valence-corrected chi connectivity index (χ0v) is 9.69. The maximum Gasteiger partial charge on any atom is 0.338 e. The van der Waals surface area contributed by atoms with Crippen molar-refractivity contribution < 1.29 is 9.53 Å². The highest BCUT2D eigenvalue weighted by Crippen LogP contribution is 2.26. The number of hydrogen-bond donors (Lipinski definition) is 0. The number of rotatable bonds is 2. The first-order valence-corrected chi connectivity index (χ1v) is 6.01. The third kappa shape index (κ3) is 2.84. The highest BCUT2D eigenvalue weighted by molar-refractivity contribution is 5.89. The molecule has 0 saturated heterocycles. The fourth-order valence-corrected chi connectivity index (χ4v) is 2.14. The lowest BCUT2D eigenvalue weighted by Crippen LogP contribution is -2.23. The van der Waals surface area contributed by atoms with Crippen molar-refractivity contribution in [2.24, 2.45) is 5.92 Å². The maximum absolute atomic E-state index is 11.8. The van der Waals surface area contributed by atoms with Crippen LogP contribution < -0.4 is 0 Å². The van der Waals surface area contributed by atoms with Gasteiger partial charge in [0.25, 0.3) is 0 Å². The van der Waals surface area contributed by atoms with Crippen LogP contribution in [0.5, 0.6) is 0 Å². The highest BCUT2D eigenvalue weighted by Gasteiger charge is 2.21. The molecule has 0 amide bonds. The van der Waals surface area contributed by atoms with Gasteiger partial charge in [-0.1, -0.05) is 25.1 Å². The van der Waals surface area contributed by atoms with Gasteiger partial charge in [0.1, 0.15) is 6.10 Å². The minimum absolute atomic E-state index is 0.129. The van der Waals surface area contributed by atoms with E-state index in [-0.39, 0.29) is 12.1 Å². The largest absolute Gasteiger partial charge is 0.459 e. The summed E-state index contributed by atoms with van der Waals surface area (Å²) < 4.78 is 5.49. The van der Waals surface area contributed by atoms with E-state index in [4.69, 9.17) is 4.74 Å². The van der Waals surface area contributed by atoms with Crippen LogP contribution in [0, 0.1) is 5.92 Å². The van der Waals surface area contributed by atoms with Gasteiger partial charge < -0.3 is 4.74 Å². The Hall–Kier alpha value is -1.31. The van der Waals surface area contributed by atoms with E-state index < -0.39 is 0 Å². The first-order valence-electron chi connectivity index (χ1n) is 6.01. The van der Waals surface area contributed by atoms with E-state index in [1.165, 1.54) is 12.8 Å². The van der Waals surface area contributed by atoms with Crippen molar-refractivity contribution in [3.8, 4) is 0 Å². The number of carbonyl (C=O) groups excluding carboxylic acids is 1. The molecule has 0 bridgehead atoms. The average Bonchev–Trinajstić information content (AvgIpc) is 2.33. The number of benzene rings is 1. The van der Waals surface area contributed by atoms with Gasteiger partial charge in [-0.15, -0.1) is 0 Å². The fraction of sp³-hybridized carbons (Fsp3) is 0.500. The predicted octanol–water partition coefficient (Wildman–Crippen LogP) is 3.42. The minimum Gasteiger partial charge on any atom is -0.459 e. The van der Waals surface area contributed by atoms with Crippen LogP contribution >= 0.6 is 0 Å². The van der Waals surface area contributed by atoms with Crippen LogP contribution in [0.15, 0.2) is 30.3 Å². The molecule has 0 heterocycles. The topological polar surface area (TPSA) is 26.3 Å². The second kappa shape index (κ2) is 5.15. The van der Waals surface area contributed by atoms with Gasteiger partial charge in [-0.2, -0.15) is 0 Å². The lowest BCUT2D eigenvalue weighted by atomic mass is 9.89. The van der Waals surface area contributed by atoms with Crippen LogP contribution in [0.1, 0.15) is 43.0 Å². The third-order valence-corrected chi connectivity index (χ3v) is 3.25. The van der Waals surface area contributed by atoms with Crippen molar-refractivity contribution >= 4 is 5.97 Å². The summed E-state index contributed by atoms with van der Waals surface area (Å²) in [7, 11) is 0. The molecule has 2 heteroatoms. The Bertz CT molecular complexity index is 337. The second-order valence-electron chi connectivity index (χ2n) is 4.65. The number of ether oxygens (including phenoxy) is 1. The fourth-order valence-electron chi connectivity index (χ4n) is 2.14. The van der Waals surface area contributed by atoms with Crippen LogP contribution in [0.4, 0.5) is 0 Å². The predicted molar refractivity (Wildman–Crippen MR) is 63.3 cm³/mol. The van der Waals surface area contributed by atoms with Gasteiger partial charge in [0.05, 0.1) is 5.56 Å². The molecule has 2 rings (SSSR count).